The van der Waals surface area contributed by atoms with E-state index in [2.05, 4.69) is 25.4 Å². The number of amides is 2. The molecule has 2 amide bonds. The highest BCUT2D eigenvalue weighted by atomic mass is 32.2. The van der Waals surface area contributed by atoms with Crippen molar-refractivity contribution in [1.29, 1.82) is 0 Å². The number of halogens is 1. The number of nitrogens with zero attached hydrogens (tertiary/aromatic N) is 5. The van der Waals surface area contributed by atoms with E-state index in [1.54, 1.807) is 0 Å². The fraction of sp³-hybridized carbons (Fsp3) is 0.316. The number of nitrogens with one attached hydrogen (secondary N) is 1. The summed E-state index contributed by atoms with van der Waals surface area (Å²) in [6.07, 6.45) is 3.53. The summed E-state index contributed by atoms with van der Waals surface area (Å²) in [5, 5.41) is 18.0. The van der Waals surface area contributed by atoms with Crippen molar-refractivity contribution in [3.8, 4) is 0 Å². The van der Waals surface area contributed by atoms with Gasteiger partial charge in [0.15, 0.2) is 16.7 Å². The van der Waals surface area contributed by atoms with Crippen LogP contribution < -0.4 is 16.8 Å². The minimum absolute atomic E-state index is 0.0995. The van der Waals surface area contributed by atoms with Gasteiger partial charge in [-0.2, -0.15) is 0 Å². The molecule has 0 unspecified atom stereocenters. The highest BCUT2D eigenvalue weighted by Crippen LogP contribution is 2.43. The first kappa shape index (κ1) is 24.3. The Bertz CT molecular complexity index is 1240. The zero-order chi connectivity index (χ0) is 25.1. The van der Waals surface area contributed by atoms with Crippen molar-refractivity contribution < 1.29 is 28.7 Å². The normalized spacial score (nSPS) is 19.7. The topological polar surface area (TPSA) is 199 Å². The number of anilines is 2. The number of rotatable bonds is 9. The summed E-state index contributed by atoms with van der Waals surface area (Å²) in [7, 11) is 0. The molecule has 0 saturated carbocycles. The molecule has 0 aliphatic carbocycles. The van der Waals surface area contributed by atoms with E-state index in [0.29, 0.717) is 22.8 Å². The van der Waals surface area contributed by atoms with Crippen LogP contribution in [0, 0.1) is 0 Å². The number of alkyl halides is 1. The van der Waals surface area contributed by atoms with Crippen LogP contribution in [-0.2, 0) is 19.2 Å². The lowest BCUT2D eigenvalue weighted by molar-refractivity contribution is -0.155. The Morgan fingerprint density at radius 1 is 1.37 bits per heavy atom. The number of carbonyl (C=O) groups excluding carboxylic acids is 2. The number of thiazole rings is 1. The Morgan fingerprint density at radius 2 is 2.14 bits per heavy atom. The third kappa shape index (κ3) is 4.88. The number of oxime groups is 1. The third-order valence-electron chi connectivity index (χ3n) is 5.10. The average Bonchev–Trinajstić information content (AvgIpc) is 3.26. The number of allylic oxidation sites excluding steroid dienone is 1. The molecule has 6 N–H and O–H groups in total. The predicted octanol–water partition coefficient (Wildman–Crippen LogP) is 0.366. The van der Waals surface area contributed by atoms with Crippen LogP contribution in [0.5, 0.6) is 0 Å². The summed E-state index contributed by atoms with van der Waals surface area (Å²) in [5.74, 6) is -2.55. The van der Waals surface area contributed by atoms with Crippen LogP contribution in [0.2, 0.25) is 0 Å². The number of carboxylic acids is 1. The molecular formula is C19H19FN8O5S2. The van der Waals surface area contributed by atoms with Crippen molar-refractivity contribution >= 4 is 57.5 Å². The van der Waals surface area contributed by atoms with E-state index in [4.69, 9.17) is 16.3 Å². The van der Waals surface area contributed by atoms with Crippen LogP contribution >= 0.6 is 23.1 Å². The quantitative estimate of drug-likeness (QED) is 0.153. The van der Waals surface area contributed by atoms with Gasteiger partial charge >= 0.3 is 5.97 Å². The Morgan fingerprint density at radius 3 is 2.80 bits per heavy atom. The molecule has 0 aromatic carbocycles. The molecule has 4 rings (SSSR count). The molecule has 2 aliphatic rings. The van der Waals surface area contributed by atoms with E-state index in [1.165, 1.54) is 17.8 Å². The largest absolute Gasteiger partial charge is 0.477 e. The van der Waals surface area contributed by atoms with E-state index >= 15 is 0 Å². The first-order chi connectivity index (χ1) is 16.8. The molecule has 2 aromatic rings. The maximum atomic E-state index is 12.9. The SMILES string of the molecule is Nc1nc(/C(=N\OCCF)C(=O)N[C@@H]2C(=O)N3C(C(=O)O)=C(Sc4nccnc4N)CC[C@H]23)cs1. The molecule has 35 heavy (non-hydrogen) atoms. The Labute approximate surface area is 205 Å². The maximum absolute atomic E-state index is 12.9. The van der Waals surface area contributed by atoms with E-state index in [-0.39, 0.29) is 34.7 Å². The Balaban J connectivity index is 1.53. The highest BCUT2D eigenvalue weighted by Gasteiger charge is 2.54. The molecule has 13 nitrogen and oxygen atoms in total. The van der Waals surface area contributed by atoms with Gasteiger partial charge in [0.2, 0.25) is 0 Å². The van der Waals surface area contributed by atoms with Crippen molar-refractivity contribution in [3.63, 3.8) is 0 Å². The van der Waals surface area contributed by atoms with Crippen molar-refractivity contribution in [2.75, 3.05) is 24.7 Å². The van der Waals surface area contributed by atoms with Crippen LogP contribution in [0.3, 0.4) is 0 Å². The molecule has 0 radical (unpaired) electrons. The smallest absolute Gasteiger partial charge is 0.353 e. The number of hydrogen-bond donors (Lipinski definition) is 4. The van der Waals surface area contributed by atoms with Gasteiger partial charge in [-0.15, -0.1) is 11.3 Å². The molecule has 0 bridgehead atoms. The van der Waals surface area contributed by atoms with Crippen molar-refractivity contribution in [3.05, 3.63) is 34.1 Å². The lowest BCUT2D eigenvalue weighted by Crippen LogP contribution is -2.72. The summed E-state index contributed by atoms with van der Waals surface area (Å²) in [6.45, 7) is -1.20. The van der Waals surface area contributed by atoms with E-state index in [9.17, 15) is 23.9 Å². The van der Waals surface area contributed by atoms with Gasteiger partial charge in [-0.05, 0) is 12.8 Å². The van der Waals surface area contributed by atoms with Gasteiger partial charge in [-0.3, -0.25) is 14.5 Å². The number of carbonyl (C=O) groups is 3. The van der Waals surface area contributed by atoms with Gasteiger partial charge in [0.25, 0.3) is 11.8 Å². The summed E-state index contributed by atoms with van der Waals surface area (Å²) in [4.78, 5) is 56.2. The zero-order valence-corrected chi connectivity index (χ0v) is 19.5. The number of nitrogen functional groups attached to an aromatic ring is 2. The van der Waals surface area contributed by atoms with Gasteiger partial charge in [0.05, 0.1) is 6.04 Å². The molecule has 16 heteroatoms. The summed E-state index contributed by atoms with van der Waals surface area (Å²) in [6, 6.07) is -1.58. The van der Waals surface area contributed by atoms with E-state index < -0.39 is 36.5 Å². The lowest BCUT2D eigenvalue weighted by atomic mass is 9.86. The standard InChI is InChI=1S/C19H19FN8O5S2/c20-3-6-33-27-11(8-7-34-19(22)25-8)15(29)26-12-9-1-2-10(13(18(31)32)28(9)17(12)30)35-16-14(21)23-4-5-24-16/h4-5,7,9,12H,1-3,6H2,(H2,21,23)(H2,22,25)(H,26,29)(H,31,32)/b27-11+/t9-,12+/m1/s1. The average molecular weight is 523 g/mol. The third-order valence-corrected chi connectivity index (χ3v) is 6.92. The van der Waals surface area contributed by atoms with Gasteiger partial charge in [0.1, 0.15) is 35.7 Å². The minimum atomic E-state index is -1.29. The van der Waals surface area contributed by atoms with E-state index in [0.717, 1.165) is 28.0 Å². The second kappa shape index (κ2) is 10.2. The highest BCUT2D eigenvalue weighted by molar-refractivity contribution is 8.03. The number of nitrogens with two attached hydrogens (primary N) is 2. The fourth-order valence-corrected chi connectivity index (χ4v) is 5.17. The predicted molar refractivity (Wildman–Crippen MR) is 124 cm³/mol. The molecule has 2 atom stereocenters. The molecule has 1 fully saturated rings. The summed E-state index contributed by atoms with van der Waals surface area (Å²) in [5.41, 5.74) is 11.1. The van der Waals surface area contributed by atoms with Crippen LogP contribution in [0.1, 0.15) is 18.5 Å². The number of hydrogen-bond acceptors (Lipinski definition) is 12. The Kier molecular flexibility index (Phi) is 7.11. The number of carboxylic acid groups (broad SMARTS) is 1. The zero-order valence-electron chi connectivity index (χ0n) is 17.9. The molecule has 2 aromatic heterocycles. The number of β-lactam (4-membered cyclic amide) rings is 1. The second-order valence-electron chi connectivity index (χ2n) is 7.22. The van der Waals surface area contributed by atoms with Gasteiger partial charge in [-0.1, -0.05) is 16.9 Å². The van der Waals surface area contributed by atoms with Crippen LogP contribution in [-0.4, -0.2) is 73.8 Å². The number of fused-ring (bicyclic) bond motifs is 1. The van der Waals surface area contributed by atoms with Gasteiger partial charge < -0.3 is 26.7 Å². The van der Waals surface area contributed by atoms with Gasteiger partial charge in [-0.25, -0.2) is 24.1 Å². The summed E-state index contributed by atoms with van der Waals surface area (Å²) < 4.78 is 12.4. The van der Waals surface area contributed by atoms with Gasteiger partial charge in [0, 0.05) is 22.7 Å². The van der Waals surface area contributed by atoms with Crippen molar-refractivity contribution in [1.82, 2.24) is 25.2 Å². The number of thioether (sulfide) groups is 1. The molecule has 4 heterocycles. The summed E-state index contributed by atoms with van der Waals surface area (Å²) >= 11 is 2.09. The lowest BCUT2D eigenvalue weighted by Gasteiger charge is -2.50. The molecular weight excluding hydrogens is 503 g/mol. The number of aliphatic carboxylic acids is 1. The Hall–Kier alpha value is -3.79. The molecule has 2 aliphatic heterocycles. The first-order valence-electron chi connectivity index (χ1n) is 10.1. The van der Waals surface area contributed by atoms with Crippen LogP contribution in [0.4, 0.5) is 15.3 Å². The van der Waals surface area contributed by atoms with Crippen LogP contribution in [0.15, 0.2) is 38.6 Å². The monoisotopic (exact) mass is 522 g/mol. The maximum Gasteiger partial charge on any atom is 0.353 e. The van der Waals surface area contributed by atoms with E-state index in [1.807, 2.05) is 0 Å². The molecule has 0 spiro atoms. The van der Waals surface area contributed by atoms with Crippen molar-refractivity contribution in [2.45, 2.75) is 30.0 Å². The van der Waals surface area contributed by atoms with Crippen LogP contribution in [0.25, 0.3) is 0 Å². The fourth-order valence-electron chi connectivity index (χ4n) is 3.61. The number of aromatic nitrogens is 3. The minimum Gasteiger partial charge on any atom is -0.477 e. The first-order valence-corrected chi connectivity index (χ1v) is 11.8. The second-order valence-corrected chi connectivity index (χ2v) is 9.20. The molecule has 184 valence electrons. The molecule has 1 saturated heterocycles. The van der Waals surface area contributed by atoms with Crippen molar-refractivity contribution in [2.24, 2.45) is 5.16 Å².